The molecule has 2 aromatic rings. The lowest BCUT2D eigenvalue weighted by Crippen LogP contribution is -2.40. The highest BCUT2D eigenvalue weighted by atomic mass is 32.1. The van der Waals surface area contributed by atoms with Gasteiger partial charge in [-0.15, -0.1) is 11.3 Å². The molecule has 1 amide bonds. The maximum atomic E-state index is 12.6. The van der Waals surface area contributed by atoms with E-state index in [2.05, 4.69) is 17.1 Å². The van der Waals surface area contributed by atoms with Crippen LogP contribution in [-0.4, -0.2) is 36.0 Å². The van der Waals surface area contributed by atoms with Crippen molar-refractivity contribution < 1.29 is 9.53 Å². The first-order chi connectivity index (χ1) is 11.7. The number of carbonyl (C=O) groups is 1. The Bertz CT molecular complexity index is 698. The van der Waals surface area contributed by atoms with Gasteiger partial charge in [-0.2, -0.15) is 0 Å². The summed E-state index contributed by atoms with van der Waals surface area (Å²) in [6, 6.07) is 8.26. The molecule has 3 rings (SSSR count). The van der Waals surface area contributed by atoms with Gasteiger partial charge in [0.25, 0.3) is 5.91 Å². The summed E-state index contributed by atoms with van der Waals surface area (Å²) in [5.74, 6) is 1.56. The van der Waals surface area contributed by atoms with E-state index in [1.165, 1.54) is 23.3 Å². The number of nitrogens with zero attached hydrogens (tertiary/aromatic N) is 2. The maximum absolute atomic E-state index is 12.6. The molecule has 1 aromatic carbocycles. The number of hydrogen-bond acceptors (Lipinski definition) is 4. The number of amides is 1. The number of hydrogen-bond donors (Lipinski definition) is 0. The first kappa shape index (κ1) is 17.0. The summed E-state index contributed by atoms with van der Waals surface area (Å²) in [5, 5.41) is 2.82. The molecule has 1 atom stereocenters. The minimum atomic E-state index is 0.0884. The van der Waals surface area contributed by atoms with Crippen molar-refractivity contribution in [2.75, 3.05) is 20.2 Å². The van der Waals surface area contributed by atoms with E-state index in [0.717, 1.165) is 43.1 Å². The van der Waals surface area contributed by atoms with Crippen molar-refractivity contribution in [2.45, 2.75) is 32.6 Å². The summed E-state index contributed by atoms with van der Waals surface area (Å²) in [5.41, 5.74) is 1.90. The minimum absolute atomic E-state index is 0.0884. The second kappa shape index (κ2) is 7.79. The molecule has 0 radical (unpaired) electrons. The molecule has 1 aliphatic rings. The summed E-state index contributed by atoms with van der Waals surface area (Å²) >= 11 is 1.54. The molecule has 0 unspecified atom stereocenters. The number of aromatic nitrogens is 1. The summed E-state index contributed by atoms with van der Waals surface area (Å²) in [6.45, 7) is 3.64. The third-order valence-corrected chi connectivity index (χ3v) is 5.39. The van der Waals surface area contributed by atoms with E-state index in [0.29, 0.717) is 11.6 Å². The Morgan fingerprint density at radius 1 is 1.46 bits per heavy atom. The molecular formula is C19H24N2O2S. The van der Waals surface area contributed by atoms with Crippen LogP contribution in [0.15, 0.2) is 29.6 Å². The number of ether oxygens (including phenoxy) is 1. The highest BCUT2D eigenvalue weighted by molar-refractivity contribution is 7.09. The molecular weight excluding hydrogens is 320 g/mol. The lowest BCUT2D eigenvalue weighted by atomic mass is 9.91. The monoisotopic (exact) mass is 344 g/mol. The van der Waals surface area contributed by atoms with Gasteiger partial charge in [-0.05, 0) is 56.2 Å². The van der Waals surface area contributed by atoms with E-state index < -0.39 is 0 Å². The fraction of sp³-hybridized carbons (Fsp3) is 0.474. The standard InChI is InChI=1S/C19H24N2O2S/c1-14-20-18(13-24-14)19(22)21-10-4-6-16(12-21)9-8-15-5-3-7-17(11-15)23-2/h3,5,7,11,13,16H,4,6,8-10,12H2,1-2H3/t16-/m0/s1. The van der Waals surface area contributed by atoms with Crippen LogP contribution in [0.25, 0.3) is 0 Å². The van der Waals surface area contributed by atoms with Gasteiger partial charge in [0.05, 0.1) is 12.1 Å². The lowest BCUT2D eigenvalue weighted by molar-refractivity contribution is 0.0663. The highest BCUT2D eigenvalue weighted by Gasteiger charge is 2.25. The second-order valence-corrected chi connectivity index (χ2v) is 7.46. The van der Waals surface area contributed by atoms with Gasteiger partial charge in [0, 0.05) is 18.5 Å². The molecule has 1 aliphatic heterocycles. The normalized spacial score (nSPS) is 17.8. The Balaban J connectivity index is 1.56. The first-order valence-electron chi connectivity index (χ1n) is 8.50. The number of likely N-dealkylation sites (tertiary alicyclic amines) is 1. The molecule has 4 nitrogen and oxygen atoms in total. The van der Waals surface area contributed by atoms with Gasteiger partial charge in [-0.25, -0.2) is 4.98 Å². The zero-order valence-electron chi connectivity index (χ0n) is 14.3. The van der Waals surface area contributed by atoms with E-state index in [9.17, 15) is 4.79 Å². The van der Waals surface area contributed by atoms with Crippen LogP contribution in [-0.2, 0) is 6.42 Å². The number of thiazole rings is 1. The quantitative estimate of drug-likeness (QED) is 0.825. The van der Waals surface area contributed by atoms with Crippen LogP contribution in [0.4, 0.5) is 0 Å². The topological polar surface area (TPSA) is 42.4 Å². The Hall–Kier alpha value is -1.88. The number of methoxy groups -OCH3 is 1. The molecule has 0 spiro atoms. The fourth-order valence-electron chi connectivity index (χ4n) is 3.31. The molecule has 0 N–H and O–H groups in total. The van der Waals surface area contributed by atoms with Crippen molar-refractivity contribution >= 4 is 17.2 Å². The summed E-state index contributed by atoms with van der Waals surface area (Å²) in [7, 11) is 1.70. The number of benzene rings is 1. The van der Waals surface area contributed by atoms with Crippen molar-refractivity contribution in [3.05, 3.63) is 45.9 Å². The van der Waals surface area contributed by atoms with Crippen LogP contribution in [0.2, 0.25) is 0 Å². The van der Waals surface area contributed by atoms with Crippen LogP contribution in [0.3, 0.4) is 0 Å². The van der Waals surface area contributed by atoms with E-state index in [-0.39, 0.29) is 5.91 Å². The fourth-order valence-corrected chi connectivity index (χ4v) is 3.89. The maximum Gasteiger partial charge on any atom is 0.273 e. The minimum Gasteiger partial charge on any atom is -0.497 e. The zero-order chi connectivity index (χ0) is 16.9. The van der Waals surface area contributed by atoms with Gasteiger partial charge in [0.2, 0.25) is 0 Å². The van der Waals surface area contributed by atoms with Crippen molar-refractivity contribution in [3.8, 4) is 5.75 Å². The number of piperidine rings is 1. The summed E-state index contributed by atoms with van der Waals surface area (Å²) in [4.78, 5) is 18.9. The Labute approximate surface area is 147 Å². The molecule has 128 valence electrons. The van der Waals surface area contributed by atoms with Gasteiger partial charge in [-0.1, -0.05) is 12.1 Å². The highest BCUT2D eigenvalue weighted by Crippen LogP contribution is 2.24. The van der Waals surface area contributed by atoms with Crippen LogP contribution in [0.5, 0.6) is 5.75 Å². The molecule has 24 heavy (non-hydrogen) atoms. The molecule has 1 fully saturated rings. The SMILES string of the molecule is COc1cccc(CC[C@@H]2CCCN(C(=O)c3csc(C)n3)C2)c1. The third-order valence-electron chi connectivity index (χ3n) is 4.62. The molecule has 5 heteroatoms. The van der Waals surface area contributed by atoms with Gasteiger partial charge >= 0.3 is 0 Å². The van der Waals surface area contributed by atoms with E-state index in [4.69, 9.17) is 4.74 Å². The van der Waals surface area contributed by atoms with Gasteiger partial charge in [-0.3, -0.25) is 4.79 Å². The molecule has 0 aliphatic carbocycles. The van der Waals surface area contributed by atoms with Crippen LogP contribution < -0.4 is 4.74 Å². The average Bonchev–Trinajstić information content (AvgIpc) is 3.06. The van der Waals surface area contributed by atoms with Gasteiger partial charge in [0.15, 0.2) is 0 Å². The Morgan fingerprint density at radius 3 is 3.08 bits per heavy atom. The number of rotatable bonds is 5. The molecule has 1 aromatic heterocycles. The van der Waals surface area contributed by atoms with E-state index >= 15 is 0 Å². The summed E-state index contributed by atoms with van der Waals surface area (Å²) < 4.78 is 5.29. The van der Waals surface area contributed by atoms with Crippen molar-refractivity contribution in [3.63, 3.8) is 0 Å². The van der Waals surface area contributed by atoms with Crippen molar-refractivity contribution in [1.29, 1.82) is 0 Å². The van der Waals surface area contributed by atoms with Crippen molar-refractivity contribution in [1.82, 2.24) is 9.88 Å². The Kier molecular flexibility index (Phi) is 5.51. The molecule has 0 bridgehead atoms. The first-order valence-corrected chi connectivity index (χ1v) is 9.38. The average molecular weight is 344 g/mol. The molecule has 2 heterocycles. The lowest BCUT2D eigenvalue weighted by Gasteiger charge is -2.32. The second-order valence-electron chi connectivity index (χ2n) is 6.40. The number of carbonyl (C=O) groups excluding carboxylic acids is 1. The molecule has 0 saturated carbocycles. The van der Waals surface area contributed by atoms with Gasteiger partial charge in [0.1, 0.15) is 11.4 Å². The third kappa shape index (κ3) is 4.15. The largest absolute Gasteiger partial charge is 0.497 e. The Morgan fingerprint density at radius 2 is 2.33 bits per heavy atom. The summed E-state index contributed by atoms with van der Waals surface area (Å²) in [6.07, 6.45) is 4.41. The van der Waals surface area contributed by atoms with Gasteiger partial charge < -0.3 is 9.64 Å². The van der Waals surface area contributed by atoms with E-state index in [1.807, 2.05) is 29.3 Å². The van der Waals surface area contributed by atoms with Crippen LogP contribution in [0, 0.1) is 12.8 Å². The predicted octanol–water partition coefficient (Wildman–Crippen LogP) is 3.95. The van der Waals surface area contributed by atoms with Crippen LogP contribution >= 0.6 is 11.3 Å². The smallest absolute Gasteiger partial charge is 0.273 e. The van der Waals surface area contributed by atoms with Crippen molar-refractivity contribution in [2.24, 2.45) is 5.92 Å². The molecule has 1 saturated heterocycles. The number of aryl methyl sites for hydroxylation is 2. The van der Waals surface area contributed by atoms with E-state index in [1.54, 1.807) is 7.11 Å². The van der Waals surface area contributed by atoms with Crippen LogP contribution in [0.1, 0.15) is 40.3 Å². The predicted molar refractivity (Wildman–Crippen MR) is 96.8 cm³/mol. The zero-order valence-corrected chi connectivity index (χ0v) is 15.1.